The summed E-state index contributed by atoms with van der Waals surface area (Å²) in [6.45, 7) is 3.24. The van der Waals surface area contributed by atoms with E-state index < -0.39 is 0 Å². The molecule has 1 aromatic rings. The fraction of sp³-hybridized carbons (Fsp3) is 0.731. The van der Waals surface area contributed by atoms with Crippen molar-refractivity contribution in [3.05, 3.63) is 29.8 Å². The molecule has 0 aromatic heterocycles. The molecule has 0 spiro atoms. The molecule has 0 saturated carbocycles. The van der Waals surface area contributed by atoms with Gasteiger partial charge in [0.05, 0.1) is 7.11 Å². The minimum absolute atomic E-state index is 0.898. The highest BCUT2D eigenvalue weighted by molar-refractivity contribution is 5.79. The maximum atomic E-state index is 5.17. The molecule has 0 radical (unpaired) electrons. The van der Waals surface area contributed by atoms with Crippen molar-refractivity contribution in [3.8, 4) is 5.75 Å². The van der Waals surface area contributed by atoms with Gasteiger partial charge in [0.2, 0.25) is 0 Å². The van der Waals surface area contributed by atoms with Crippen LogP contribution in [0.5, 0.6) is 5.75 Å². The van der Waals surface area contributed by atoms with Gasteiger partial charge in [0.15, 0.2) is 0 Å². The Morgan fingerprint density at radius 2 is 1.07 bits per heavy atom. The summed E-state index contributed by atoms with van der Waals surface area (Å²) in [5.41, 5.74) is 1.15. The van der Waals surface area contributed by atoms with Crippen molar-refractivity contribution in [2.45, 2.75) is 110 Å². The topological polar surface area (TPSA) is 21.6 Å². The van der Waals surface area contributed by atoms with E-state index in [-0.39, 0.29) is 0 Å². The second kappa shape index (κ2) is 19.0. The van der Waals surface area contributed by atoms with Crippen molar-refractivity contribution < 1.29 is 4.74 Å². The van der Waals surface area contributed by atoms with Gasteiger partial charge < -0.3 is 4.74 Å². The number of methoxy groups -OCH3 is 1. The van der Waals surface area contributed by atoms with Gasteiger partial charge in [0.1, 0.15) is 5.75 Å². The average Bonchev–Trinajstić information content (AvgIpc) is 2.73. The summed E-state index contributed by atoms with van der Waals surface area (Å²) in [7, 11) is 1.69. The van der Waals surface area contributed by atoms with Gasteiger partial charge in [0.25, 0.3) is 0 Å². The van der Waals surface area contributed by atoms with E-state index in [4.69, 9.17) is 4.74 Å². The second-order valence-electron chi connectivity index (χ2n) is 8.11. The highest BCUT2D eigenvalue weighted by Crippen LogP contribution is 2.14. The van der Waals surface area contributed by atoms with Crippen LogP contribution in [0, 0.1) is 0 Å². The van der Waals surface area contributed by atoms with Crippen molar-refractivity contribution in [2.75, 3.05) is 13.7 Å². The van der Waals surface area contributed by atoms with Gasteiger partial charge in [-0.2, -0.15) is 0 Å². The summed E-state index contributed by atoms with van der Waals surface area (Å²) >= 11 is 0. The molecule has 0 atom stereocenters. The molecule has 0 fully saturated rings. The van der Waals surface area contributed by atoms with Gasteiger partial charge >= 0.3 is 0 Å². The minimum Gasteiger partial charge on any atom is -0.497 e. The molecule has 1 rings (SSSR count). The van der Waals surface area contributed by atoms with Gasteiger partial charge in [0, 0.05) is 12.8 Å². The van der Waals surface area contributed by atoms with Crippen LogP contribution in [-0.4, -0.2) is 19.9 Å². The highest BCUT2D eigenvalue weighted by atomic mass is 16.5. The molecule has 1 aromatic carbocycles. The van der Waals surface area contributed by atoms with E-state index in [0.29, 0.717) is 0 Å². The van der Waals surface area contributed by atoms with Crippen molar-refractivity contribution in [3.63, 3.8) is 0 Å². The van der Waals surface area contributed by atoms with Gasteiger partial charge in [-0.05, 0) is 36.2 Å². The molecule has 28 heavy (non-hydrogen) atoms. The molecular weight excluding hydrogens is 342 g/mol. The molecule has 0 aliphatic carbocycles. The van der Waals surface area contributed by atoms with Gasteiger partial charge in [-0.1, -0.05) is 103 Å². The number of benzene rings is 1. The Hall–Kier alpha value is -1.31. The number of hydrogen-bond acceptors (Lipinski definition) is 2. The lowest BCUT2D eigenvalue weighted by molar-refractivity contribution is 0.415. The zero-order chi connectivity index (χ0) is 20.1. The highest BCUT2D eigenvalue weighted by Gasteiger charge is 1.95. The lowest BCUT2D eigenvalue weighted by Gasteiger charge is -2.03. The van der Waals surface area contributed by atoms with Crippen LogP contribution in [0.25, 0.3) is 0 Å². The normalized spacial score (nSPS) is 11.4. The fourth-order valence-corrected chi connectivity index (χ4v) is 3.61. The Bertz CT molecular complexity index is 466. The van der Waals surface area contributed by atoms with Crippen molar-refractivity contribution in [2.24, 2.45) is 4.99 Å². The van der Waals surface area contributed by atoms with Crippen molar-refractivity contribution in [1.29, 1.82) is 0 Å². The van der Waals surface area contributed by atoms with Crippen molar-refractivity contribution in [1.82, 2.24) is 0 Å². The van der Waals surface area contributed by atoms with Crippen LogP contribution in [0.3, 0.4) is 0 Å². The third-order valence-electron chi connectivity index (χ3n) is 5.50. The molecular formula is C26H45NO. The molecule has 0 aliphatic heterocycles. The van der Waals surface area contributed by atoms with E-state index in [0.717, 1.165) is 17.9 Å². The molecule has 0 amide bonds. The first-order valence-electron chi connectivity index (χ1n) is 12.0. The molecule has 160 valence electrons. The Labute approximate surface area is 175 Å². The van der Waals surface area contributed by atoms with Crippen LogP contribution in [0.1, 0.15) is 115 Å². The zero-order valence-corrected chi connectivity index (χ0v) is 18.8. The summed E-state index contributed by atoms with van der Waals surface area (Å²) in [6, 6.07) is 8.07. The summed E-state index contributed by atoms with van der Waals surface area (Å²) < 4.78 is 5.17. The zero-order valence-electron chi connectivity index (χ0n) is 18.8. The molecule has 0 heterocycles. The quantitative estimate of drug-likeness (QED) is 0.172. The minimum atomic E-state index is 0.898. The number of rotatable bonds is 19. The number of ether oxygens (including phenoxy) is 1. The van der Waals surface area contributed by atoms with Gasteiger partial charge in [-0.15, -0.1) is 0 Å². The number of hydrogen-bond donors (Lipinski definition) is 0. The molecule has 2 nitrogen and oxygen atoms in total. The third-order valence-corrected chi connectivity index (χ3v) is 5.50. The average molecular weight is 388 g/mol. The smallest absolute Gasteiger partial charge is 0.118 e. The van der Waals surface area contributed by atoms with Crippen LogP contribution in [0.2, 0.25) is 0 Å². The monoisotopic (exact) mass is 387 g/mol. The van der Waals surface area contributed by atoms with Crippen LogP contribution in [0.4, 0.5) is 0 Å². The maximum Gasteiger partial charge on any atom is 0.118 e. The summed E-state index contributed by atoms with van der Waals surface area (Å²) in [6.07, 6.45) is 24.6. The fourth-order valence-electron chi connectivity index (χ4n) is 3.61. The largest absolute Gasteiger partial charge is 0.497 e. The first kappa shape index (κ1) is 24.7. The van der Waals surface area contributed by atoms with Crippen LogP contribution in [-0.2, 0) is 0 Å². The van der Waals surface area contributed by atoms with Crippen LogP contribution < -0.4 is 4.74 Å². The summed E-state index contributed by atoms with van der Waals surface area (Å²) in [5, 5.41) is 0. The number of nitrogens with zero attached hydrogens (tertiary/aromatic N) is 1. The summed E-state index contributed by atoms with van der Waals surface area (Å²) in [5.74, 6) is 0.898. The van der Waals surface area contributed by atoms with E-state index in [9.17, 15) is 0 Å². The Balaban J connectivity index is 1.78. The third kappa shape index (κ3) is 14.7. The van der Waals surface area contributed by atoms with E-state index in [1.807, 2.05) is 18.3 Å². The van der Waals surface area contributed by atoms with E-state index in [1.165, 1.54) is 103 Å². The Morgan fingerprint density at radius 3 is 1.50 bits per heavy atom. The molecule has 0 aliphatic rings. The first-order chi connectivity index (χ1) is 13.9. The van der Waals surface area contributed by atoms with E-state index in [1.54, 1.807) is 7.11 Å². The lowest BCUT2D eigenvalue weighted by atomic mass is 10.0. The SMILES string of the molecule is CCCCCCCCCCCCCCCCCC/N=C/c1ccc(OC)cc1. The molecule has 0 unspecified atom stereocenters. The van der Waals surface area contributed by atoms with Crippen LogP contribution in [0.15, 0.2) is 29.3 Å². The van der Waals surface area contributed by atoms with E-state index in [2.05, 4.69) is 24.0 Å². The standard InChI is InChI=1S/C26H45NO/c1-3-4-5-6-7-8-9-10-11-12-13-14-15-16-17-18-23-27-24-25-19-21-26(28-2)22-20-25/h19-22,24H,3-18,23H2,1-2H3/b27-24+. The number of aliphatic imine (C=N–C) groups is 1. The second-order valence-corrected chi connectivity index (χ2v) is 8.11. The maximum absolute atomic E-state index is 5.17. The molecule has 2 heteroatoms. The Morgan fingerprint density at radius 1 is 0.643 bits per heavy atom. The Kier molecular flexibility index (Phi) is 16.8. The lowest BCUT2D eigenvalue weighted by Crippen LogP contribution is -1.87. The van der Waals surface area contributed by atoms with Crippen LogP contribution >= 0.6 is 0 Å². The first-order valence-corrected chi connectivity index (χ1v) is 12.0. The molecule has 0 bridgehead atoms. The number of unbranched alkanes of at least 4 members (excludes halogenated alkanes) is 15. The van der Waals surface area contributed by atoms with Gasteiger partial charge in [-0.25, -0.2) is 0 Å². The van der Waals surface area contributed by atoms with Crippen molar-refractivity contribution >= 4 is 6.21 Å². The predicted molar refractivity (Wildman–Crippen MR) is 125 cm³/mol. The molecule has 0 N–H and O–H groups in total. The van der Waals surface area contributed by atoms with E-state index >= 15 is 0 Å². The predicted octanol–water partition coefficient (Wildman–Crippen LogP) is 8.38. The molecule has 0 saturated heterocycles. The van der Waals surface area contributed by atoms with Gasteiger partial charge in [-0.3, -0.25) is 4.99 Å². The summed E-state index contributed by atoms with van der Waals surface area (Å²) in [4.78, 5) is 4.53.